The van der Waals surface area contributed by atoms with Crippen molar-refractivity contribution in [3.8, 4) is 0 Å². The Labute approximate surface area is 101 Å². The first-order chi connectivity index (χ1) is 7.37. The summed E-state index contributed by atoms with van der Waals surface area (Å²) in [6, 6.07) is 0. The molecule has 2 N–H and O–H groups in total. The summed E-state index contributed by atoms with van der Waals surface area (Å²) in [5.74, 6) is 0.637. The lowest BCUT2D eigenvalue weighted by Gasteiger charge is -2.26. The van der Waals surface area contributed by atoms with Crippen molar-refractivity contribution in [1.29, 1.82) is 0 Å². The van der Waals surface area contributed by atoms with Crippen LogP contribution in [0.25, 0.3) is 0 Å². The Balaban J connectivity index is 3.71. The molecule has 2 unspecified atom stereocenters. The second-order valence-electron chi connectivity index (χ2n) is 5.42. The van der Waals surface area contributed by atoms with Gasteiger partial charge in [-0.2, -0.15) is 0 Å². The van der Waals surface area contributed by atoms with Crippen molar-refractivity contribution >= 4 is 0 Å². The topological polar surface area (TPSA) is 41.5 Å². The number of ether oxygens (including phenoxy) is 1. The Kier molecular flexibility index (Phi) is 7.98. The lowest BCUT2D eigenvalue weighted by Crippen LogP contribution is -2.43. The van der Waals surface area contributed by atoms with Crippen LogP contribution in [0.5, 0.6) is 0 Å². The van der Waals surface area contributed by atoms with Crippen molar-refractivity contribution in [3.63, 3.8) is 0 Å². The van der Waals surface area contributed by atoms with E-state index in [1.165, 1.54) is 0 Å². The first kappa shape index (κ1) is 15.9. The summed E-state index contributed by atoms with van der Waals surface area (Å²) >= 11 is 0. The van der Waals surface area contributed by atoms with Gasteiger partial charge in [-0.05, 0) is 39.2 Å². The maximum Gasteiger partial charge on any atom is 0.0975 e. The van der Waals surface area contributed by atoms with Crippen molar-refractivity contribution in [3.05, 3.63) is 0 Å². The van der Waals surface area contributed by atoms with Crippen molar-refractivity contribution in [2.24, 2.45) is 5.92 Å². The molecule has 0 rings (SSSR count). The molecule has 0 fully saturated rings. The predicted octanol–water partition coefficient (Wildman–Crippen LogP) is 2.19. The van der Waals surface area contributed by atoms with Gasteiger partial charge in [-0.15, -0.1) is 0 Å². The normalized spacial score (nSPS) is 17.4. The quantitative estimate of drug-likeness (QED) is 0.598. The third-order valence-corrected chi connectivity index (χ3v) is 2.41. The summed E-state index contributed by atoms with van der Waals surface area (Å²) in [5, 5.41) is 13.2. The second kappa shape index (κ2) is 8.04. The molecule has 0 aliphatic rings. The smallest absolute Gasteiger partial charge is 0.0975 e. The Bertz CT molecular complexity index is 169. The van der Waals surface area contributed by atoms with E-state index in [4.69, 9.17) is 4.74 Å². The molecule has 0 saturated carbocycles. The monoisotopic (exact) mass is 231 g/mol. The van der Waals surface area contributed by atoms with Gasteiger partial charge in [0.1, 0.15) is 0 Å². The van der Waals surface area contributed by atoms with Crippen LogP contribution < -0.4 is 5.32 Å². The average molecular weight is 231 g/mol. The van der Waals surface area contributed by atoms with Crippen molar-refractivity contribution in [1.82, 2.24) is 5.32 Å². The Morgan fingerprint density at radius 2 is 1.94 bits per heavy atom. The Morgan fingerprint density at radius 1 is 1.31 bits per heavy atom. The van der Waals surface area contributed by atoms with Crippen LogP contribution >= 0.6 is 0 Å². The van der Waals surface area contributed by atoms with Gasteiger partial charge in [0.15, 0.2) is 0 Å². The molecule has 3 nitrogen and oxygen atoms in total. The molecule has 0 bridgehead atoms. The minimum atomic E-state index is -0.763. The number of hydrogen-bond acceptors (Lipinski definition) is 3. The fourth-order valence-corrected chi connectivity index (χ4v) is 1.64. The first-order valence-electron chi connectivity index (χ1n) is 6.42. The molecule has 2 atom stereocenters. The van der Waals surface area contributed by atoms with Crippen LogP contribution in [0, 0.1) is 5.92 Å². The third kappa shape index (κ3) is 9.13. The maximum atomic E-state index is 10.0. The SMILES string of the molecule is CCCNCC(C)(O)COC(C)CC(C)C. The number of aliphatic hydroxyl groups is 1. The fraction of sp³-hybridized carbons (Fsp3) is 1.00. The van der Waals surface area contributed by atoms with Gasteiger partial charge in [0.05, 0.1) is 18.3 Å². The highest BCUT2D eigenvalue weighted by atomic mass is 16.5. The molecule has 0 radical (unpaired) electrons. The summed E-state index contributed by atoms with van der Waals surface area (Å²) in [6.45, 7) is 12.3. The van der Waals surface area contributed by atoms with Gasteiger partial charge in [-0.25, -0.2) is 0 Å². The highest BCUT2D eigenvalue weighted by Crippen LogP contribution is 2.10. The molecule has 0 aromatic carbocycles. The molecule has 0 aromatic rings. The van der Waals surface area contributed by atoms with Crippen molar-refractivity contribution in [2.75, 3.05) is 19.7 Å². The molecule has 0 aromatic heterocycles. The standard InChI is InChI=1S/C13H29NO2/c1-6-7-14-9-13(5,15)10-16-12(4)8-11(2)3/h11-12,14-15H,6-10H2,1-5H3. The average Bonchev–Trinajstić information content (AvgIpc) is 2.14. The molecule has 0 aliphatic carbocycles. The van der Waals surface area contributed by atoms with Crippen LogP contribution in [0.15, 0.2) is 0 Å². The van der Waals surface area contributed by atoms with Gasteiger partial charge in [0, 0.05) is 6.54 Å². The van der Waals surface area contributed by atoms with Gasteiger partial charge < -0.3 is 15.2 Å². The molecule has 0 aliphatic heterocycles. The van der Waals surface area contributed by atoms with Gasteiger partial charge in [0.2, 0.25) is 0 Å². The highest BCUT2D eigenvalue weighted by Gasteiger charge is 2.21. The predicted molar refractivity (Wildman–Crippen MR) is 68.7 cm³/mol. The zero-order valence-corrected chi connectivity index (χ0v) is 11.5. The molecule has 0 saturated heterocycles. The van der Waals surface area contributed by atoms with Gasteiger partial charge in [-0.1, -0.05) is 20.8 Å². The number of rotatable bonds is 9. The molecule has 0 spiro atoms. The zero-order valence-electron chi connectivity index (χ0n) is 11.5. The highest BCUT2D eigenvalue weighted by molar-refractivity contribution is 4.75. The summed E-state index contributed by atoms with van der Waals surface area (Å²) in [5.41, 5.74) is -0.763. The fourth-order valence-electron chi connectivity index (χ4n) is 1.64. The Morgan fingerprint density at radius 3 is 2.44 bits per heavy atom. The van der Waals surface area contributed by atoms with Crippen LogP contribution in [-0.2, 0) is 4.74 Å². The third-order valence-electron chi connectivity index (χ3n) is 2.41. The lowest BCUT2D eigenvalue weighted by molar-refractivity contribution is -0.0610. The van der Waals surface area contributed by atoms with E-state index in [-0.39, 0.29) is 6.10 Å². The van der Waals surface area contributed by atoms with E-state index in [2.05, 4.69) is 33.0 Å². The summed E-state index contributed by atoms with van der Waals surface area (Å²) in [6.07, 6.45) is 2.34. The molecular weight excluding hydrogens is 202 g/mol. The number of hydrogen-bond donors (Lipinski definition) is 2. The van der Waals surface area contributed by atoms with E-state index in [1.54, 1.807) is 0 Å². The van der Waals surface area contributed by atoms with Crippen LogP contribution in [0.1, 0.15) is 47.5 Å². The molecule has 0 heterocycles. The minimum Gasteiger partial charge on any atom is -0.386 e. The second-order valence-corrected chi connectivity index (χ2v) is 5.42. The molecule has 16 heavy (non-hydrogen) atoms. The van der Waals surface area contributed by atoms with E-state index in [0.717, 1.165) is 19.4 Å². The molecule has 98 valence electrons. The van der Waals surface area contributed by atoms with E-state index in [0.29, 0.717) is 19.1 Å². The van der Waals surface area contributed by atoms with Crippen LogP contribution in [0.2, 0.25) is 0 Å². The van der Waals surface area contributed by atoms with Crippen molar-refractivity contribution in [2.45, 2.75) is 59.2 Å². The first-order valence-corrected chi connectivity index (χ1v) is 6.42. The lowest BCUT2D eigenvalue weighted by atomic mass is 10.1. The maximum absolute atomic E-state index is 10.0. The number of nitrogens with one attached hydrogen (secondary N) is 1. The summed E-state index contributed by atoms with van der Waals surface area (Å²) in [4.78, 5) is 0. The van der Waals surface area contributed by atoms with Gasteiger partial charge in [0.25, 0.3) is 0 Å². The summed E-state index contributed by atoms with van der Waals surface area (Å²) in [7, 11) is 0. The molecular formula is C13H29NO2. The minimum absolute atomic E-state index is 0.220. The van der Waals surface area contributed by atoms with Crippen LogP contribution in [0.4, 0.5) is 0 Å². The Hall–Kier alpha value is -0.120. The zero-order chi connectivity index (χ0) is 12.6. The van der Waals surface area contributed by atoms with Crippen LogP contribution in [-0.4, -0.2) is 36.5 Å². The van der Waals surface area contributed by atoms with Crippen LogP contribution in [0.3, 0.4) is 0 Å². The van der Waals surface area contributed by atoms with E-state index in [9.17, 15) is 5.11 Å². The van der Waals surface area contributed by atoms with Crippen molar-refractivity contribution < 1.29 is 9.84 Å². The van der Waals surface area contributed by atoms with E-state index >= 15 is 0 Å². The van der Waals surface area contributed by atoms with E-state index in [1.807, 2.05) is 6.92 Å². The van der Waals surface area contributed by atoms with Gasteiger partial charge in [-0.3, -0.25) is 0 Å². The molecule has 0 amide bonds. The largest absolute Gasteiger partial charge is 0.386 e. The van der Waals surface area contributed by atoms with E-state index < -0.39 is 5.60 Å². The van der Waals surface area contributed by atoms with Gasteiger partial charge >= 0.3 is 0 Å². The molecule has 3 heteroatoms. The summed E-state index contributed by atoms with van der Waals surface area (Å²) < 4.78 is 5.66.